The molecule has 2 aromatic carbocycles. The van der Waals surface area contributed by atoms with Gasteiger partial charge in [-0.3, -0.25) is 14.6 Å². The van der Waals surface area contributed by atoms with Crippen molar-refractivity contribution in [1.29, 1.82) is 0 Å². The van der Waals surface area contributed by atoms with Crippen LogP contribution in [-0.4, -0.2) is 36.5 Å². The summed E-state index contributed by atoms with van der Waals surface area (Å²) in [7, 11) is 3.12. The number of methoxy groups -OCH3 is 1. The number of ether oxygens (including phenoxy) is 1. The van der Waals surface area contributed by atoms with Crippen LogP contribution in [0, 0.1) is 0 Å². The van der Waals surface area contributed by atoms with Crippen LogP contribution >= 0.6 is 34.8 Å². The molecule has 0 aliphatic carbocycles. The van der Waals surface area contributed by atoms with E-state index in [4.69, 9.17) is 39.5 Å². The number of aliphatic imine (C=N–C) groups is 1. The third-order valence-electron chi connectivity index (χ3n) is 4.97. The Labute approximate surface area is 206 Å². The van der Waals surface area contributed by atoms with Crippen LogP contribution in [0.5, 0.6) is 5.75 Å². The molecule has 0 aliphatic rings. The molecule has 0 fully saturated rings. The number of benzene rings is 2. The fourth-order valence-corrected chi connectivity index (χ4v) is 3.77. The van der Waals surface area contributed by atoms with Gasteiger partial charge in [0, 0.05) is 47.1 Å². The van der Waals surface area contributed by atoms with Crippen molar-refractivity contribution < 1.29 is 14.3 Å². The first-order chi connectivity index (χ1) is 15.7. The Morgan fingerprint density at radius 3 is 2.39 bits per heavy atom. The predicted octanol–water partition coefficient (Wildman–Crippen LogP) is 6.17. The molecule has 1 heterocycles. The number of hydrogen-bond acceptors (Lipinski definition) is 5. The van der Waals surface area contributed by atoms with Crippen molar-refractivity contribution in [2.75, 3.05) is 19.5 Å². The number of Topliss-reactive ketones (excluding diaryl/α,β-unsaturated/α-hetero) is 1. The summed E-state index contributed by atoms with van der Waals surface area (Å²) in [5.41, 5.74) is 2.51. The maximum Gasteiger partial charge on any atom is 0.257 e. The number of carbonyl (C=O) groups is 2. The van der Waals surface area contributed by atoms with Crippen molar-refractivity contribution >= 4 is 58.0 Å². The lowest BCUT2D eigenvalue weighted by molar-refractivity contribution is 0.0991. The van der Waals surface area contributed by atoms with Crippen LogP contribution in [0.15, 0.2) is 53.7 Å². The van der Waals surface area contributed by atoms with Gasteiger partial charge in [-0.1, -0.05) is 40.9 Å². The lowest BCUT2D eigenvalue weighted by Gasteiger charge is -2.15. The van der Waals surface area contributed by atoms with Gasteiger partial charge in [-0.25, -0.2) is 4.98 Å². The van der Waals surface area contributed by atoms with Gasteiger partial charge < -0.3 is 10.1 Å². The highest BCUT2D eigenvalue weighted by Crippen LogP contribution is 2.30. The summed E-state index contributed by atoms with van der Waals surface area (Å²) in [6, 6.07) is 11.3. The minimum Gasteiger partial charge on any atom is -0.496 e. The molecule has 33 heavy (non-hydrogen) atoms. The maximum atomic E-state index is 13.1. The number of halogens is 3. The number of anilines is 1. The van der Waals surface area contributed by atoms with Crippen molar-refractivity contribution in [3.8, 4) is 5.75 Å². The summed E-state index contributed by atoms with van der Waals surface area (Å²) in [5, 5.41) is 3.70. The second-order valence-electron chi connectivity index (χ2n) is 7.05. The van der Waals surface area contributed by atoms with Crippen LogP contribution in [0.1, 0.15) is 38.8 Å². The summed E-state index contributed by atoms with van der Waals surface area (Å²) in [4.78, 5) is 34.4. The van der Waals surface area contributed by atoms with Crippen molar-refractivity contribution in [3.05, 3.63) is 86.0 Å². The molecular weight excluding hydrogens is 485 g/mol. The monoisotopic (exact) mass is 503 g/mol. The number of amides is 1. The lowest BCUT2D eigenvalue weighted by Crippen LogP contribution is -2.18. The third kappa shape index (κ3) is 5.90. The molecule has 0 unspecified atom stereocenters. The number of ketones is 1. The number of nitrogens with zero attached hydrogens (tertiary/aromatic N) is 2. The number of nitrogens with one attached hydrogen (secondary N) is 1. The van der Waals surface area contributed by atoms with Gasteiger partial charge in [0.2, 0.25) is 0 Å². The second kappa shape index (κ2) is 10.8. The van der Waals surface area contributed by atoms with Gasteiger partial charge in [0.05, 0.1) is 17.2 Å². The Morgan fingerprint density at radius 2 is 1.79 bits per heavy atom. The SMILES string of the molecule is CN=C(C)c1ccc(C(=O)Cc2c(OC)cc(Cl)cc2C(=O)Nc2ccc(Cl)cn2)c(Cl)c1. The zero-order valence-electron chi connectivity index (χ0n) is 18.1. The number of rotatable bonds is 7. The first-order valence-electron chi connectivity index (χ1n) is 9.79. The molecule has 0 radical (unpaired) electrons. The van der Waals surface area contributed by atoms with Crippen LogP contribution < -0.4 is 10.1 Å². The van der Waals surface area contributed by atoms with Crippen LogP contribution in [0.25, 0.3) is 0 Å². The molecule has 0 saturated heterocycles. The fourth-order valence-electron chi connectivity index (χ4n) is 3.16. The smallest absolute Gasteiger partial charge is 0.257 e. The van der Waals surface area contributed by atoms with Gasteiger partial charge >= 0.3 is 0 Å². The predicted molar refractivity (Wildman–Crippen MR) is 133 cm³/mol. The van der Waals surface area contributed by atoms with E-state index in [1.54, 1.807) is 43.4 Å². The zero-order chi connectivity index (χ0) is 24.1. The Hall–Kier alpha value is -2.93. The summed E-state index contributed by atoms with van der Waals surface area (Å²) in [6.07, 6.45) is 1.29. The highest BCUT2D eigenvalue weighted by Gasteiger charge is 2.22. The molecule has 3 rings (SSSR count). The topological polar surface area (TPSA) is 80.6 Å². The Bertz CT molecular complexity index is 1240. The first kappa shape index (κ1) is 24.7. The molecule has 6 nitrogen and oxygen atoms in total. The van der Waals surface area contributed by atoms with E-state index in [0.29, 0.717) is 32.7 Å². The third-order valence-corrected chi connectivity index (χ3v) is 5.72. The summed E-state index contributed by atoms with van der Waals surface area (Å²) < 4.78 is 5.42. The van der Waals surface area contributed by atoms with Crippen molar-refractivity contribution in [2.45, 2.75) is 13.3 Å². The maximum absolute atomic E-state index is 13.1. The average Bonchev–Trinajstić information content (AvgIpc) is 2.80. The van der Waals surface area contributed by atoms with E-state index in [1.165, 1.54) is 19.4 Å². The van der Waals surface area contributed by atoms with Gasteiger partial charge in [-0.05, 0) is 48.9 Å². The highest BCUT2D eigenvalue weighted by atomic mass is 35.5. The van der Waals surface area contributed by atoms with E-state index in [1.807, 2.05) is 6.92 Å². The Morgan fingerprint density at radius 1 is 1.03 bits per heavy atom. The fraction of sp³-hybridized carbons (Fsp3) is 0.167. The van der Waals surface area contributed by atoms with Crippen LogP contribution in [0.2, 0.25) is 15.1 Å². The van der Waals surface area contributed by atoms with Crippen LogP contribution in [-0.2, 0) is 6.42 Å². The lowest BCUT2D eigenvalue weighted by atomic mass is 9.96. The Balaban J connectivity index is 1.96. The Kier molecular flexibility index (Phi) is 8.08. The number of carbonyl (C=O) groups excluding carboxylic acids is 2. The molecule has 9 heteroatoms. The molecule has 0 atom stereocenters. The molecule has 1 aromatic heterocycles. The molecule has 3 aromatic rings. The molecule has 170 valence electrons. The van der Waals surface area contributed by atoms with Gasteiger partial charge in [-0.2, -0.15) is 0 Å². The van der Waals surface area contributed by atoms with Gasteiger partial charge in [0.15, 0.2) is 5.78 Å². The molecule has 1 amide bonds. The molecule has 0 aliphatic heterocycles. The van der Waals surface area contributed by atoms with Crippen LogP contribution in [0.3, 0.4) is 0 Å². The van der Waals surface area contributed by atoms with E-state index in [9.17, 15) is 9.59 Å². The van der Waals surface area contributed by atoms with E-state index in [0.717, 1.165) is 11.3 Å². The first-order valence-corrected chi connectivity index (χ1v) is 10.9. The quantitative estimate of drug-likeness (QED) is 0.308. The van der Waals surface area contributed by atoms with Gasteiger partial charge in [0.1, 0.15) is 11.6 Å². The average molecular weight is 505 g/mol. The molecule has 1 N–H and O–H groups in total. The molecule has 0 bridgehead atoms. The number of hydrogen-bond donors (Lipinski definition) is 1. The van der Waals surface area contributed by atoms with Crippen molar-refractivity contribution in [3.63, 3.8) is 0 Å². The van der Waals surface area contributed by atoms with E-state index in [-0.39, 0.29) is 22.8 Å². The highest BCUT2D eigenvalue weighted by molar-refractivity contribution is 6.34. The standard InChI is InChI=1S/C24H20Cl3N3O3/c1-13(28-2)14-4-6-17(20(27)8-14)21(31)11-18-19(9-16(26)10-22(18)33-3)24(32)30-23-7-5-15(25)12-29-23/h4-10,12H,11H2,1-3H3,(H,29,30,32). The van der Waals surface area contributed by atoms with E-state index in [2.05, 4.69) is 15.3 Å². The van der Waals surface area contributed by atoms with E-state index >= 15 is 0 Å². The molecule has 0 saturated carbocycles. The van der Waals surface area contributed by atoms with Crippen LogP contribution in [0.4, 0.5) is 5.82 Å². The zero-order valence-corrected chi connectivity index (χ0v) is 20.3. The van der Waals surface area contributed by atoms with Crippen molar-refractivity contribution in [1.82, 2.24) is 4.98 Å². The summed E-state index contributed by atoms with van der Waals surface area (Å²) in [6.45, 7) is 1.85. The minimum atomic E-state index is -0.496. The molecule has 0 spiro atoms. The van der Waals surface area contributed by atoms with Crippen molar-refractivity contribution in [2.24, 2.45) is 4.99 Å². The second-order valence-corrected chi connectivity index (χ2v) is 8.33. The largest absolute Gasteiger partial charge is 0.496 e. The normalized spacial score (nSPS) is 11.3. The summed E-state index contributed by atoms with van der Waals surface area (Å²) in [5.74, 6) is -0.166. The van der Waals surface area contributed by atoms with E-state index < -0.39 is 5.91 Å². The summed E-state index contributed by atoms with van der Waals surface area (Å²) >= 11 is 18.4. The minimum absolute atomic E-state index is 0.128. The molecular formula is C24H20Cl3N3O3. The van der Waals surface area contributed by atoms with Gasteiger partial charge in [0.25, 0.3) is 5.91 Å². The van der Waals surface area contributed by atoms with Gasteiger partial charge in [-0.15, -0.1) is 0 Å². The number of aromatic nitrogens is 1. The number of pyridine rings is 1.